The number of fused-ring (bicyclic) bond motifs is 1. The molecule has 276 valence electrons. The lowest BCUT2D eigenvalue weighted by molar-refractivity contribution is -0.139. The number of anilines is 1. The van der Waals surface area contributed by atoms with Crippen LogP contribution in [0.5, 0.6) is 0 Å². The minimum Gasteiger partial charge on any atom is -0.444 e. The number of aryl methyl sites for hydroxylation is 1. The van der Waals surface area contributed by atoms with Gasteiger partial charge in [0.2, 0.25) is 5.91 Å². The molecule has 1 aromatic heterocycles. The molecule has 6 rings (SSSR count). The lowest BCUT2D eigenvalue weighted by Crippen LogP contribution is -2.51. The summed E-state index contributed by atoms with van der Waals surface area (Å²) in [6, 6.07) is 24.5. The van der Waals surface area contributed by atoms with Gasteiger partial charge < -0.3 is 34.5 Å². The molecule has 0 spiro atoms. The first-order valence-electron chi connectivity index (χ1n) is 18.6. The van der Waals surface area contributed by atoms with Crippen molar-refractivity contribution in [3.63, 3.8) is 0 Å². The highest BCUT2D eigenvalue weighted by atomic mass is 16.6. The smallest absolute Gasteiger partial charge is 0.410 e. The number of carbonyl (C=O) groups is 3. The van der Waals surface area contributed by atoms with E-state index in [4.69, 9.17) is 9.47 Å². The molecule has 4 amide bonds. The summed E-state index contributed by atoms with van der Waals surface area (Å²) in [4.78, 5) is 44.2. The Balaban J connectivity index is 1.29. The highest BCUT2D eigenvalue weighted by Crippen LogP contribution is 2.40. The maximum atomic E-state index is 15.0. The molecule has 0 radical (unpaired) electrons. The van der Waals surface area contributed by atoms with Gasteiger partial charge in [0.05, 0.1) is 5.92 Å². The van der Waals surface area contributed by atoms with Gasteiger partial charge in [-0.1, -0.05) is 54.6 Å². The second-order valence-corrected chi connectivity index (χ2v) is 15.0. The van der Waals surface area contributed by atoms with Gasteiger partial charge in [0.15, 0.2) is 0 Å². The van der Waals surface area contributed by atoms with E-state index in [1.807, 2.05) is 58.0 Å². The minimum atomic E-state index is -0.635. The Morgan fingerprint density at radius 3 is 2.42 bits per heavy atom. The Hall–Kier alpha value is -4.83. The van der Waals surface area contributed by atoms with Crippen LogP contribution in [0.25, 0.3) is 22.0 Å². The average molecular weight is 708 g/mol. The van der Waals surface area contributed by atoms with Crippen molar-refractivity contribution >= 4 is 34.6 Å². The Bertz CT molecular complexity index is 1860. The predicted octanol–water partition coefficient (Wildman–Crippen LogP) is 8.02. The molecule has 4 aromatic rings. The molecule has 0 unspecified atom stereocenters. The highest BCUT2D eigenvalue weighted by molar-refractivity contribution is 5.89. The van der Waals surface area contributed by atoms with E-state index in [1.165, 1.54) is 0 Å². The summed E-state index contributed by atoms with van der Waals surface area (Å²) in [5.41, 5.74) is 5.50. The number of benzene rings is 3. The molecule has 0 bridgehead atoms. The molecule has 1 saturated heterocycles. The summed E-state index contributed by atoms with van der Waals surface area (Å²) >= 11 is 0. The zero-order valence-electron chi connectivity index (χ0n) is 31.2. The van der Waals surface area contributed by atoms with Gasteiger partial charge in [-0.15, -0.1) is 0 Å². The first-order valence-corrected chi connectivity index (χ1v) is 18.6. The Labute approximate surface area is 307 Å². The average Bonchev–Trinajstić information content (AvgIpc) is 3.92. The number of ether oxygens (including phenoxy) is 2. The largest absolute Gasteiger partial charge is 0.444 e. The van der Waals surface area contributed by atoms with E-state index in [9.17, 15) is 14.4 Å². The molecule has 3 aromatic carbocycles. The van der Waals surface area contributed by atoms with Crippen molar-refractivity contribution in [2.45, 2.75) is 84.0 Å². The van der Waals surface area contributed by atoms with Crippen LogP contribution in [0.2, 0.25) is 0 Å². The first kappa shape index (κ1) is 36.9. The summed E-state index contributed by atoms with van der Waals surface area (Å²) in [6.45, 7) is 10.9. The van der Waals surface area contributed by atoms with E-state index in [1.54, 1.807) is 12.0 Å². The highest BCUT2D eigenvalue weighted by Gasteiger charge is 2.43. The SMILES string of the molecule is CCNC(=O)Nc1ccc(-c2cccc([C@H]3CCN(C(=O)OC(C)(C)C)C[C@@H]3C(=O)N(Cc3cn(CCCOC)c4ccccc34)C3CC3)c2)cc1. The van der Waals surface area contributed by atoms with Gasteiger partial charge in [-0.25, -0.2) is 9.59 Å². The number of likely N-dealkylation sites (tertiary alicyclic amines) is 1. The molecule has 2 heterocycles. The molecule has 2 atom stereocenters. The van der Waals surface area contributed by atoms with Gasteiger partial charge in [-0.3, -0.25) is 4.79 Å². The van der Waals surface area contributed by atoms with Crippen LogP contribution in [-0.2, 0) is 27.4 Å². The van der Waals surface area contributed by atoms with E-state index in [2.05, 4.69) is 68.8 Å². The van der Waals surface area contributed by atoms with E-state index >= 15 is 0 Å². The molecule has 1 saturated carbocycles. The monoisotopic (exact) mass is 707 g/mol. The van der Waals surface area contributed by atoms with Gasteiger partial charge >= 0.3 is 12.1 Å². The third kappa shape index (κ3) is 8.96. The van der Waals surface area contributed by atoms with Gasteiger partial charge in [0.25, 0.3) is 0 Å². The maximum absolute atomic E-state index is 15.0. The predicted molar refractivity (Wildman–Crippen MR) is 205 cm³/mol. The summed E-state index contributed by atoms with van der Waals surface area (Å²) in [7, 11) is 1.73. The molecule has 2 fully saturated rings. The van der Waals surface area contributed by atoms with Crippen molar-refractivity contribution in [1.82, 2.24) is 19.7 Å². The molecule has 1 aliphatic carbocycles. The number of rotatable bonds is 12. The summed E-state index contributed by atoms with van der Waals surface area (Å²) in [5.74, 6) is -0.430. The van der Waals surface area contributed by atoms with Crippen molar-refractivity contribution in [2.24, 2.45) is 5.92 Å². The zero-order chi connectivity index (χ0) is 36.8. The van der Waals surface area contributed by atoms with Crippen LogP contribution < -0.4 is 10.6 Å². The summed E-state index contributed by atoms with van der Waals surface area (Å²) in [6.07, 6.45) is 5.33. The Morgan fingerprint density at radius 1 is 0.942 bits per heavy atom. The molecule has 10 nitrogen and oxygen atoms in total. The van der Waals surface area contributed by atoms with Crippen LogP contribution in [0.3, 0.4) is 0 Å². The van der Waals surface area contributed by atoms with Crippen molar-refractivity contribution < 1.29 is 23.9 Å². The second-order valence-electron chi connectivity index (χ2n) is 15.0. The number of amides is 4. The van der Waals surface area contributed by atoms with Crippen LogP contribution in [0, 0.1) is 5.92 Å². The number of hydrogen-bond acceptors (Lipinski definition) is 5. The van der Waals surface area contributed by atoms with Crippen LogP contribution in [0.15, 0.2) is 79.0 Å². The van der Waals surface area contributed by atoms with Crippen LogP contribution in [0.1, 0.15) is 70.4 Å². The molecule has 2 N–H and O–H groups in total. The van der Waals surface area contributed by atoms with E-state index in [0.29, 0.717) is 44.9 Å². The van der Waals surface area contributed by atoms with E-state index in [-0.39, 0.29) is 30.0 Å². The number of urea groups is 1. The number of nitrogens with zero attached hydrogens (tertiary/aromatic N) is 3. The first-order chi connectivity index (χ1) is 25.0. The number of methoxy groups -OCH3 is 1. The minimum absolute atomic E-state index is 0.0820. The van der Waals surface area contributed by atoms with Crippen molar-refractivity contribution in [3.8, 4) is 11.1 Å². The molecular weight excluding hydrogens is 654 g/mol. The number of para-hydroxylation sites is 1. The number of aromatic nitrogens is 1. The molecule has 52 heavy (non-hydrogen) atoms. The van der Waals surface area contributed by atoms with Gasteiger partial charge in [0.1, 0.15) is 5.60 Å². The summed E-state index contributed by atoms with van der Waals surface area (Å²) < 4.78 is 13.4. The lowest BCUT2D eigenvalue weighted by Gasteiger charge is -2.40. The van der Waals surface area contributed by atoms with E-state index in [0.717, 1.165) is 59.0 Å². The number of nitrogens with one attached hydrogen (secondary N) is 2. The normalized spacial score (nSPS) is 17.5. The van der Waals surface area contributed by atoms with Gasteiger partial charge in [-0.05, 0) is 99.7 Å². The lowest BCUT2D eigenvalue weighted by atomic mass is 9.79. The number of hydrogen-bond donors (Lipinski definition) is 2. The third-order valence-corrected chi connectivity index (χ3v) is 9.94. The quantitative estimate of drug-likeness (QED) is 0.145. The van der Waals surface area contributed by atoms with Crippen LogP contribution >= 0.6 is 0 Å². The van der Waals surface area contributed by atoms with Gasteiger partial charge in [0, 0.05) is 75.3 Å². The second kappa shape index (κ2) is 16.2. The van der Waals surface area contributed by atoms with Crippen LogP contribution in [0.4, 0.5) is 15.3 Å². The Kier molecular flexibility index (Phi) is 11.5. The molecular formula is C42H53N5O5. The fourth-order valence-electron chi connectivity index (χ4n) is 7.31. The number of piperidine rings is 1. The standard InChI is InChI=1S/C42H53N5O5/c1-6-43-40(49)44-33-17-15-29(16-18-33)30-11-9-12-31(25-30)35-21-23-46(41(50)52-42(2,3)4)28-37(35)39(48)47(34-19-20-34)27-32-26-45(22-10-24-51-5)38-14-8-7-13-36(32)38/h7-9,11-18,25-26,34-35,37H,6,10,19-24,27-28H2,1-5H3,(H2,43,44,49)/t35-,37+/m1/s1. The zero-order valence-corrected chi connectivity index (χ0v) is 31.2. The third-order valence-electron chi connectivity index (χ3n) is 9.94. The van der Waals surface area contributed by atoms with Crippen molar-refractivity contribution in [3.05, 3.63) is 90.1 Å². The summed E-state index contributed by atoms with van der Waals surface area (Å²) in [5, 5.41) is 6.76. The molecule has 1 aliphatic heterocycles. The Morgan fingerprint density at radius 2 is 1.71 bits per heavy atom. The topological polar surface area (TPSA) is 105 Å². The number of carbonyl (C=O) groups excluding carboxylic acids is 3. The molecule has 2 aliphatic rings. The fraction of sp³-hybridized carbons (Fsp3) is 0.452. The van der Waals surface area contributed by atoms with Gasteiger partial charge in [-0.2, -0.15) is 0 Å². The van der Waals surface area contributed by atoms with Crippen LogP contribution in [-0.4, -0.2) is 77.4 Å². The van der Waals surface area contributed by atoms with Crippen molar-refractivity contribution in [2.75, 3.05) is 38.7 Å². The maximum Gasteiger partial charge on any atom is 0.410 e. The fourth-order valence-corrected chi connectivity index (χ4v) is 7.31. The van der Waals surface area contributed by atoms with E-state index < -0.39 is 11.5 Å². The molecule has 10 heteroatoms. The van der Waals surface area contributed by atoms with Crippen molar-refractivity contribution in [1.29, 1.82) is 0 Å².